The van der Waals surface area contributed by atoms with E-state index in [-0.39, 0.29) is 17.5 Å². The van der Waals surface area contributed by atoms with E-state index in [1.165, 1.54) is 23.9 Å². The number of hydrogen-bond donors (Lipinski definition) is 1. The lowest BCUT2D eigenvalue weighted by Gasteiger charge is -2.07. The maximum atomic E-state index is 12.9. The fourth-order valence-electron chi connectivity index (χ4n) is 2.21. The van der Waals surface area contributed by atoms with E-state index in [1.807, 2.05) is 37.3 Å². The van der Waals surface area contributed by atoms with Crippen LogP contribution >= 0.6 is 11.8 Å². The number of nitrogens with one attached hydrogen (secondary N) is 1. The molecule has 5 heteroatoms. The van der Waals surface area contributed by atoms with E-state index in [0.29, 0.717) is 5.69 Å². The first kappa shape index (κ1) is 15.5. The van der Waals surface area contributed by atoms with Crippen molar-refractivity contribution in [2.45, 2.75) is 11.8 Å². The van der Waals surface area contributed by atoms with Gasteiger partial charge in [-0.05, 0) is 43.3 Å². The zero-order chi connectivity index (χ0) is 16.2. The Hall–Kier alpha value is -2.40. The van der Waals surface area contributed by atoms with E-state index in [9.17, 15) is 9.18 Å². The molecular formula is C18H15FN2OS. The van der Waals surface area contributed by atoms with Crippen LogP contribution in [0.15, 0.2) is 59.5 Å². The van der Waals surface area contributed by atoms with Crippen LogP contribution in [0, 0.1) is 12.7 Å². The lowest BCUT2D eigenvalue weighted by Crippen LogP contribution is -2.13. The van der Waals surface area contributed by atoms with Gasteiger partial charge in [0.05, 0.1) is 11.3 Å². The van der Waals surface area contributed by atoms with Gasteiger partial charge in [-0.2, -0.15) is 0 Å². The molecule has 0 spiro atoms. The van der Waals surface area contributed by atoms with Crippen LogP contribution in [0.1, 0.15) is 5.69 Å². The number of aromatic nitrogens is 1. The molecule has 0 bridgehead atoms. The van der Waals surface area contributed by atoms with Gasteiger partial charge in [-0.15, -0.1) is 11.8 Å². The molecule has 3 rings (SSSR count). The van der Waals surface area contributed by atoms with Crippen molar-refractivity contribution in [3.8, 4) is 0 Å². The fourth-order valence-corrected chi connectivity index (χ4v) is 3.04. The average Bonchev–Trinajstić information content (AvgIpc) is 2.55. The largest absolute Gasteiger partial charge is 0.325 e. The number of aryl methyl sites for hydroxylation is 1. The van der Waals surface area contributed by atoms with Crippen LogP contribution in [0.2, 0.25) is 0 Å². The summed E-state index contributed by atoms with van der Waals surface area (Å²) in [6.07, 6.45) is 0. The van der Waals surface area contributed by atoms with Crippen molar-refractivity contribution in [2.24, 2.45) is 0 Å². The van der Waals surface area contributed by atoms with Gasteiger partial charge >= 0.3 is 0 Å². The summed E-state index contributed by atoms with van der Waals surface area (Å²) < 4.78 is 12.9. The molecule has 116 valence electrons. The van der Waals surface area contributed by atoms with Crippen molar-refractivity contribution in [2.75, 3.05) is 11.1 Å². The second-order valence-corrected chi connectivity index (χ2v) is 6.14. The van der Waals surface area contributed by atoms with Gasteiger partial charge in [0, 0.05) is 21.7 Å². The number of thioether (sulfide) groups is 1. The first-order valence-corrected chi connectivity index (χ1v) is 8.15. The van der Waals surface area contributed by atoms with Gasteiger partial charge in [0.25, 0.3) is 0 Å². The van der Waals surface area contributed by atoms with Crippen molar-refractivity contribution in [1.29, 1.82) is 0 Å². The van der Waals surface area contributed by atoms with Crippen LogP contribution in [0.3, 0.4) is 0 Å². The zero-order valence-corrected chi connectivity index (χ0v) is 13.4. The lowest BCUT2D eigenvalue weighted by atomic mass is 10.2. The van der Waals surface area contributed by atoms with E-state index in [1.54, 1.807) is 12.1 Å². The maximum absolute atomic E-state index is 12.9. The Morgan fingerprint density at radius 3 is 2.70 bits per heavy atom. The van der Waals surface area contributed by atoms with E-state index in [0.717, 1.165) is 21.5 Å². The summed E-state index contributed by atoms with van der Waals surface area (Å²) in [4.78, 5) is 17.6. The Labute approximate surface area is 137 Å². The Bertz CT molecular complexity index is 849. The van der Waals surface area contributed by atoms with Gasteiger partial charge in [0.15, 0.2) is 0 Å². The van der Waals surface area contributed by atoms with Crippen LogP contribution in [-0.4, -0.2) is 16.6 Å². The molecule has 1 aromatic heterocycles. The molecule has 1 amide bonds. The minimum Gasteiger partial charge on any atom is -0.325 e. The Kier molecular flexibility index (Phi) is 4.57. The molecule has 0 radical (unpaired) electrons. The summed E-state index contributed by atoms with van der Waals surface area (Å²) in [5.41, 5.74) is 2.44. The van der Waals surface area contributed by atoms with Gasteiger partial charge in [-0.3, -0.25) is 9.78 Å². The predicted molar refractivity (Wildman–Crippen MR) is 92.2 cm³/mol. The summed E-state index contributed by atoms with van der Waals surface area (Å²) in [7, 11) is 0. The summed E-state index contributed by atoms with van der Waals surface area (Å²) >= 11 is 1.44. The highest BCUT2D eigenvalue weighted by molar-refractivity contribution is 8.00. The molecule has 0 unspecified atom stereocenters. The molecule has 0 aliphatic carbocycles. The molecule has 0 saturated carbocycles. The molecule has 1 N–H and O–H groups in total. The number of para-hydroxylation sites is 1. The molecule has 0 saturated heterocycles. The number of halogens is 1. The zero-order valence-electron chi connectivity index (χ0n) is 12.5. The monoisotopic (exact) mass is 326 g/mol. The number of rotatable bonds is 4. The molecule has 0 aliphatic heterocycles. The Balaban J connectivity index is 1.69. The van der Waals surface area contributed by atoms with Gasteiger partial charge in [0.1, 0.15) is 5.82 Å². The quantitative estimate of drug-likeness (QED) is 0.722. The van der Waals surface area contributed by atoms with Crippen molar-refractivity contribution >= 4 is 34.3 Å². The summed E-state index contributed by atoms with van der Waals surface area (Å²) in [5.74, 6) is -0.188. The van der Waals surface area contributed by atoms with Crippen LogP contribution < -0.4 is 5.32 Å². The minimum atomic E-state index is -0.324. The summed E-state index contributed by atoms with van der Waals surface area (Å²) in [5, 5.41) is 3.81. The number of benzene rings is 2. The fraction of sp³-hybridized carbons (Fsp3) is 0.111. The molecule has 0 atom stereocenters. The van der Waals surface area contributed by atoms with E-state index in [2.05, 4.69) is 10.3 Å². The number of fused-ring (bicyclic) bond motifs is 1. The maximum Gasteiger partial charge on any atom is 0.234 e. The molecule has 1 heterocycles. The third-order valence-electron chi connectivity index (χ3n) is 3.31. The third kappa shape index (κ3) is 3.87. The first-order valence-electron chi connectivity index (χ1n) is 7.16. The van der Waals surface area contributed by atoms with Crippen LogP contribution in [-0.2, 0) is 4.79 Å². The lowest BCUT2D eigenvalue weighted by molar-refractivity contribution is -0.113. The first-order chi connectivity index (χ1) is 11.1. The normalized spacial score (nSPS) is 10.7. The number of pyridine rings is 1. The number of hydrogen-bond acceptors (Lipinski definition) is 3. The van der Waals surface area contributed by atoms with Crippen molar-refractivity contribution in [3.05, 3.63) is 66.1 Å². The highest BCUT2D eigenvalue weighted by atomic mass is 32.2. The van der Waals surface area contributed by atoms with E-state index < -0.39 is 0 Å². The van der Waals surface area contributed by atoms with Gasteiger partial charge in [-0.1, -0.05) is 18.2 Å². The Morgan fingerprint density at radius 1 is 1.13 bits per heavy atom. The topological polar surface area (TPSA) is 42.0 Å². The second-order valence-electron chi connectivity index (χ2n) is 5.12. The Morgan fingerprint density at radius 2 is 1.91 bits per heavy atom. The predicted octanol–water partition coefficient (Wildman–Crippen LogP) is 4.41. The smallest absolute Gasteiger partial charge is 0.234 e. The molecule has 23 heavy (non-hydrogen) atoms. The number of nitrogens with zero attached hydrogens (tertiary/aromatic N) is 1. The number of amides is 1. The second kappa shape index (κ2) is 6.79. The van der Waals surface area contributed by atoms with Crippen molar-refractivity contribution in [1.82, 2.24) is 4.98 Å². The molecule has 2 aromatic carbocycles. The van der Waals surface area contributed by atoms with Crippen LogP contribution in [0.4, 0.5) is 10.1 Å². The standard InChI is InChI=1S/C18H15FN2OS/c1-12-5-6-13-3-2-4-16(18(13)20-12)23-11-17(22)21-15-9-7-14(19)8-10-15/h2-10H,11H2,1H3,(H,21,22). The third-order valence-corrected chi connectivity index (χ3v) is 4.36. The van der Waals surface area contributed by atoms with Crippen LogP contribution in [0.5, 0.6) is 0 Å². The summed E-state index contributed by atoms with van der Waals surface area (Å²) in [6, 6.07) is 15.6. The van der Waals surface area contributed by atoms with Gasteiger partial charge < -0.3 is 5.32 Å². The minimum absolute atomic E-state index is 0.133. The molecule has 3 nitrogen and oxygen atoms in total. The molecule has 0 aliphatic rings. The van der Waals surface area contributed by atoms with Crippen molar-refractivity contribution < 1.29 is 9.18 Å². The van der Waals surface area contributed by atoms with E-state index >= 15 is 0 Å². The number of anilines is 1. The molecular weight excluding hydrogens is 311 g/mol. The van der Waals surface area contributed by atoms with Crippen molar-refractivity contribution in [3.63, 3.8) is 0 Å². The highest BCUT2D eigenvalue weighted by Crippen LogP contribution is 2.26. The molecule has 3 aromatic rings. The number of carbonyl (C=O) groups is 1. The highest BCUT2D eigenvalue weighted by Gasteiger charge is 2.07. The van der Waals surface area contributed by atoms with E-state index in [4.69, 9.17) is 0 Å². The van der Waals surface area contributed by atoms with Gasteiger partial charge in [0.2, 0.25) is 5.91 Å². The molecule has 0 fully saturated rings. The average molecular weight is 326 g/mol. The van der Waals surface area contributed by atoms with Gasteiger partial charge in [-0.25, -0.2) is 4.39 Å². The summed E-state index contributed by atoms with van der Waals surface area (Å²) in [6.45, 7) is 1.95. The SMILES string of the molecule is Cc1ccc2cccc(SCC(=O)Nc3ccc(F)cc3)c2n1. The number of carbonyl (C=O) groups excluding carboxylic acids is 1. The van der Waals surface area contributed by atoms with Crippen LogP contribution in [0.25, 0.3) is 10.9 Å².